The molecular weight excluding hydrogens is 300 g/mol. The van der Waals surface area contributed by atoms with Gasteiger partial charge in [0.15, 0.2) is 0 Å². The minimum absolute atomic E-state index is 0.0540. The lowest BCUT2D eigenvalue weighted by molar-refractivity contribution is -0.385. The topological polar surface area (TPSA) is 72.2 Å². The molecule has 1 aliphatic carbocycles. The lowest BCUT2D eigenvalue weighted by Crippen LogP contribution is -2.31. The van der Waals surface area contributed by atoms with Crippen LogP contribution in [0.1, 0.15) is 45.2 Å². The Morgan fingerprint density at radius 3 is 3.00 bits per heavy atom. The van der Waals surface area contributed by atoms with Gasteiger partial charge in [-0.3, -0.25) is 14.9 Å². The Morgan fingerprint density at radius 1 is 1.41 bits per heavy atom. The first kappa shape index (κ1) is 14.7. The van der Waals surface area contributed by atoms with E-state index >= 15 is 0 Å². The van der Waals surface area contributed by atoms with E-state index in [0.29, 0.717) is 5.56 Å². The van der Waals surface area contributed by atoms with Gasteiger partial charge in [0.05, 0.1) is 11.0 Å². The second-order valence-corrected chi connectivity index (χ2v) is 6.44. The summed E-state index contributed by atoms with van der Waals surface area (Å²) >= 11 is 1.70. The smallest absolute Gasteiger partial charge is 0.282 e. The Bertz CT molecular complexity index is 739. The number of nitrogens with zero attached hydrogens (tertiary/aromatic N) is 1. The zero-order valence-corrected chi connectivity index (χ0v) is 13.0. The fourth-order valence-corrected chi connectivity index (χ4v) is 3.95. The van der Waals surface area contributed by atoms with Crippen LogP contribution in [0.5, 0.6) is 0 Å². The molecule has 0 bridgehead atoms. The fraction of sp³-hybridized carbons (Fsp3) is 0.312. The highest BCUT2D eigenvalue weighted by molar-refractivity contribution is 7.10. The van der Waals surface area contributed by atoms with Crippen molar-refractivity contribution in [3.63, 3.8) is 0 Å². The molecule has 3 rings (SSSR count). The zero-order valence-electron chi connectivity index (χ0n) is 12.2. The maximum absolute atomic E-state index is 12.6. The third-order valence-electron chi connectivity index (χ3n) is 4.03. The molecule has 0 saturated heterocycles. The van der Waals surface area contributed by atoms with Crippen molar-refractivity contribution in [1.82, 2.24) is 5.32 Å². The molecule has 0 saturated carbocycles. The Morgan fingerprint density at radius 2 is 2.23 bits per heavy atom. The summed E-state index contributed by atoms with van der Waals surface area (Å²) in [4.78, 5) is 24.5. The first-order valence-electron chi connectivity index (χ1n) is 7.19. The molecule has 0 aliphatic heterocycles. The summed E-state index contributed by atoms with van der Waals surface area (Å²) in [5.74, 6) is -0.367. The van der Waals surface area contributed by atoms with Gasteiger partial charge in [0, 0.05) is 10.9 Å². The van der Waals surface area contributed by atoms with E-state index in [1.54, 1.807) is 30.4 Å². The summed E-state index contributed by atoms with van der Waals surface area (Å²) in [6, 6.07) is 6.68. The molecule has 114 valence electrons. The van der Waals surface area contributed by atoms with Gasteiger partial charge in [-0.05, 0) is 48.8 Å². The fourth-order valence-electron chi connectivity index (χ4n) is 2.97. The summed E-state index contributed by atoms with van der Waals surface area (Å²) in [5.41, 5.74) is 1.79. The van der Waals surface area contributed by atoms with E-state index in [1.807, 2.05) is 11.4 Å². The summed E-state index contributed by atoms with van der Waals surface area (Å²) in [7, 11) is 0. The average molecular weight is 316 g/mol. The van der Waals surface area contributed by atoms with Crippen molar-refractivity contribution in [2.24, 2.45) is 0 Å². The second kappa shape index (κ2) is 5.88. The van der Waals surface area contributed by atoms with Crippen LogP contribution in [0.25, 0.3) is 0 Å². The quantitative estimate of drug-likeness (QED) is 0.692. The lowest BCUT2D eigenvalue weighted by Gasteiger charge is -2.24. The number of nitrogens with one attached hydrogen (secondary N) is 1. The van der Waals surface area contributed by atoms with Gasteiger partial charge in [0.2, 0.25) is 0 Å². The van der Waals surface area contributed by atoms with E-state index in [9.17, 15) is 14.9 Å². The van der Waals surface area contributed by atoms with Gasteiger partial charge in [-0.15, -0.1) is 11.3 Å². The van der Waals surface area contributed by atoms with E-state index in [0.717, 1.165) is 24.8 Å². The van der Waals surface area contributed by atoms with E-state index in [4.69, 9.17) is 0 Å². The maximum Gasteiger partial charge on any atom is 0.282 e. The van der Waals surface area contributed by atoms with Crippen LogP contribution in [0.4, 0.5) is 5.69 Å². The molecule has 1 N–H and O–H groups in total. The molecule has 5 nitrogen and oxygen atoms in total. The van der Waals surface area contributed by atoms with Crippen molar-refractivity contribution in [2.45, 2.75) is 32.2 Å². The largest absolute Gasteiger partial charge is 0.345 e. The predicted octanol–water partition coefficient (Wildman–Crippen LogP) is 3.77. The highest BCUT2D eigenvalue weighted by Crippen LogP contribution is 2.34. The number of hydrogen-bond acceptors (Lipinski definition) is 4. The molecule has 6 heteroatoms. The number of fused-ring (bicyclic) bond motifs is 1. The van der Waals surface area contributed by atoms with Crippen LogP contribution >= 0.6 is 11.3 Å². The molecule has 1 heterocycles. The van der Waals surface area contributed by atoms with Crippen LogP contribution in [0.3, 0.4) is 0 Å². The minimum Gasteiger partial charge on any atom is -0.345 e. The van der Waals surface area contributed by atoms with Crippen LogP contribution in [0.15, 0.2) is 29.6 Å². The Balaban J connectivity index is 1.90. The first-order valence-corrected chi connectivity index (χ1v) is 8.07. The molecule has 2 aromatic rings. The van der Waals surface area contributed by atoms with E-state index in [2.05, 4.69) is 5.32 Å². The maximum atomic E-state index is 12.6. The number of benzene rings is 1. The SMILES string of the molecule is Cc1cccc([N+](=O)[O-])c1C(=O)N[C@H]1CCCc2sccc21. The van der Waals surface area contributed by atoms with Crippen molar-refractivity contribution in [3.05, 3.63) is 61.3 Å². The zero-order chi connectivity index (χ0) is 15.7. The second-order valence-electron chi connectivity index (χ2n) is 5.44. The van der Waals surface area contributed by atoms with Crippen molar-refractivity contribution in [3.8, 4) is 0 Å². The van der Waals surface area contributed by atoms with Gasteiger partial charge in [0.25, 0.3) is 11.6 Å². The van der Waals surface area contributed by atoms with Gasteiger partial charge in [0.1, 0.15) is 5.56 Å². The molecule has 22 heavy (non-hydrogen) atoms. The van der Waals surface area contributed by atoms with Crippen molar-refractivity contribution in [1.29, 1.82) is 0 Å². The van der Waals surface area contributed by atoms with Gasteiger partial charge in [-0.25, -0.2) is 0 Å². The number of carbonyl (C=O) groups excluding carboxylic acids is 1. The number of rotatable bonds is 3. The normalized spacial score (nSPS) is 16.9. The number of nitro groups is 1. The molecule has 1 atom stereocenters. The highest BCUT2D eigenvalue weighted by Gasteiger charge is 2.27. The molecule has 0 unspecified atom stereocenters. The molecule has 0 radical (unpaired) electrons. The number of thiophene rings is 1. The predicted molar refractivity (Wildman–Crippen MR) is 85.3 cm³/mol. The minimum atomic E-state index is -0.501. The molecule has 0 fully saturated rings. The molecule has 0 spiro atoms. The van der Waals surface area contributed by atoms with Crippen LogP contribution in [0, 0.1) is 17.0 Å². The van der Waals surface area contributed by atoms with Crippen molar-refractivity contribution >= 4 is 22.9 Å². The summed E-state index contributed by atoms with van der Waals surface area (Å²) in [6.45, 7) is 1.72. The van der Waals surface area contributed by atoms with E-state index < -0.39 is 4.92 Å². The van der Waals surface area contributed by atoms with Crippen molar-refractivity contribution in [2.75, 3.05) is 0 Å². The third kappa shape index (κ3) is 2.62. The van der Waals surface area contributed by atoms with E-state index in [1.165, 1.54) is 10.9 Å². The van der Waals surface area contributed by atoms with Gasteiger partial charge in [-0.1, -0.05) is 12.1 Å². The number of nitro benzene ring substituents is 1. The van der Waals surface area contributed by atoms with Crippen LogP contribution < -0.4 is 5.32 Å². The van der Waals surface area contributed by atoms with Crippen LogP contribution in [-0.2, 0) is 6.42 Å². The highest BCUT2D eigenvalue weighted by atomic mass is 32.1. The molecule has 1 aromatic carbocycles. The van der Waals surface area contributed by atoms with Crippen LogP contribution in [0.2, 0.25) is 0 Å². The Labute approximate surface area is 132 Å². The molecule has 1 aliphatic rings. The molecule has 1 amide bonds. The first-order chi connectivity index (χ1) is 10.6. The lowest BCUT2D eigenvalue weighted by atomic mass is 9.93. The van der Waals surface area contributed by atoms with Crippen molar-refractivity contribution < 1.29 is 9.72 Å². The van der Waals surface area contributed by atoms with Gasteiger partial charge < -0.3 is 5.32 Å². The third-order valence-corrected chi connectivity index (χ3v) is 5.03. The van der Waals surface area contributed by atoms with Gasteiger partial charge in [-0.2, -0.15) is 0 Å². The molecule has 1 aromatic heterocycles. The average Bonchev–Trinajstić information content (AvgIpc) is 2.96. The number of aryl methyl sites for hydroxylation is 2. The number of amides is 1. The van der Waals surface area contributed by atoms with Gasteiger partial charge >= 0.3 is 0 Å². The monoisotopic (exact) mass is 316 g/mol. The number of carbonyl (C=O) groups is 1. The molecular formula is C16H16N2O3S. The Kier molecular flexibility index (Phi) is 3.94. The van der Waals surface area contributed by atoms with Crippen LogP contribution in [-0.4, -0.2) is 10.8 Å². The summed E-state index contributed by atoms with van der Waals surface area (Å²) in [6.07, 6.45) is 2.94. The standard InChI is InChI=1S/C16H16N2O3S/c1-10-4-2-6-13(18(20)21)15(10)16(19)17-12-5-3-7-14-11(12)8-9-22-14/h2,4,6,8-9,12H,3,5,7H2,1H3,(H,17,19)/t12-/m0/s1. The Hall–Kier alpha value is -2.21. The summed E-state index contributed by atoms with van der Waals surface area (Å²) < 4.78 is 0. The number of hydrogen-bond donors (Lipinski definition) is 1. The summed E-state index contributed by atoms with van der Waals surface area (Å²) in [5, 5.41) is 16.2. The van der Waals surface area contributed by atoms with E-state index in [-0.39, 0.29) is 23.2 Å².